The van der Waals surface area contributed by atoms with Crippen molar-refractivity contribution in [3.63, 3.8) is 0 Å². The summed E-state index contributed by atoms with van der Waals surface area (Å²) in [5, 5.41) is 3.68. The number of benzene rings is 3. The van der Waals surface area contributed by atoms with Crippen LogP contribution in [0.25, 0.3) is 10.9 Å². The van der Waals surface area contributed by atoms with E-state index in [0.717, 1.165) is 22.0 Å². The fourth-order valence-electron chi connectivity index (χ4n) is 4.53. The maximum Gasteiger partial charge on any atom is 0.254 e. The molecule has 0 bridgehead atoms. The maximum absolute atomic E-state index is 13.6. The van der Waals surface area contributed by atoms with Crippen molar-refractivity contribution in [2.45, 2.75) is 26.1 Å². The predicted molar refractivity (Wildman–Crippen MR) is 125 cm³/mol. The summed E-state index contributed by atoms with van der Waals surface area (Å²) >= 11 is 0. The monoisotopic (exact) mass is 459 g/mol. The minimum absolute atomic E-state index is 0.0937. The zero-order valence-electron chi connectivity index (χ0n) is 18.4. The first-order chi connectivity index (χ1) is 16.5. The van der Waals surface area contributed by atoms with E-state index in [4.69, 9.17) is 0 Å². The summed E-state index contributed by atoms with van der Waals surface area (Å²) < 4.78 is 28.8. The van der Waals surface area contributed by atoms with Gasteiger partial charge < -0.3 is 14.8 Å². The Morgan fingerprint density at radius 3 is 2.41 bits per heavy atom. The molecule has 34 heavy (non-hydrogen) atoms. The van der Waals surface area contributed by atoms with Gasteiger partial charge in [-0.3, -0.25) is 9.59 Å². The van der Waals surface area contributed by atoms with Crippen molar-refractivity contribution in [2.24, 2.45) is 0 Å². The minimum atomic E-state index is -0.342. The van der Waals surface area contributed by atoms with Crippen LogP contribution < -0.4 is 5.32 Å². The molecule has 0 unspecified atom stereocenters. The van der Waals surface area contributed by atoms with Crippen molar-refractivity contribution in [1.29, 1.82) is 0 Å². The first-order valence-corrected chi connectivity index (χ1v) is 11.1. The van der Waals surface area contributed by atoms with Gasteiger partial charge in [0.05, 0.1) is 0 Å². The Balaban J connectivity index is 1.36. The van der Waals surface area contributed by atoms with Gasteiger partial charge in [0.25, 0.3) is 5.91 Å². The van der Waals surface area contributed by atoms with E-state index in [1.54, 1.807) is 29.2 Å². The van der Waals surface area contributed by atoms with E-state index < -0.39 is 0 Å². The molecule has 0 saturated heterocycles. The average Bonchev–Trinajstić information content (AvgIpc) is 3.11. The Morgan fingerprint density at radius 2 is 1.65 bits per heavy atom. The molecular formula is C27H23F2N3O2. The number of rotatable bonds is 6. The van der Waals surface area contributed by atoms with Gasteiger partial charge in [-0.05, 0) is 59.5 Å². The quantitative estimate of drug-likeness (QED) is 0.464. The van der Waals surface area contributed by atoms with Gasteiger partial charge in [-0.25, -0.2) is 8.78 Å². The van der Waals surface area contributed by atoms with Crippen LogP contribution in [0.3, 0.4) is 0 Å². The van der Waals surface area contributed by atoms with Crippen LogP contribution in [0.1, 0.15) is 27.0 Å². The molecular weight excluding hydrogens is 436 g/mol. The number of nitrogens with zero attached hydrogens (tertiary/aromatic N) is 2. The standard InChI is InChI=1S/C27H23F2N3O2/c28-21-6-1-4-18(12-21)14-30-25(33)17-32-16-20-10-11-31(15-19-5-2-7-22(29)13-19)27(34)23-8-3-9-24(32)26(20)23/h1-9,12-13,16H,10-11,14-15,17H2,(H,30,33). The zero-order chi connectivity index (χ0) is 23.7. The number of aromatic nitrogens is 1. The van der Waals surface area contributed by atoms with Crippen LogP contribution in [0.5, 0.6) is 0 Å². The van der Waals surface area contributed by atoms with Gasteiger partial charge in [0.2, 0.25) is 5.91 Å². The number of hydrogen-bond donors (Lipinski definition) is 1. The molecule has 0 aliphatic carbocycles. The normalized spacial score (nSPS) is 13.2. The van der Waals surface area contributed by atoms with E-state index in [0.29, 0.717) is 30.6 Å². The number of halogens is 2. The molecule has 0 atom stereocenters. The lowest BCUT2D eigenvalue weighted by Gasteiger charge is -2.21. The molecule has 0 spiro atoms. The molecule has 172 valence electrons. The van der Waals surface area contributed by atoms with Crippen molar-refractivity contribution in [3.05, 3.63) is 107 Å². The average molecular weight is 459 g/mol. The van der Waals surface area contributed by atoms with Crippen molar-refractivity contribution >= 4 is 22.7 Å². The van der Waals surface area contributed by atoms with Crippen LogP contribution in [0, 0.1) is 11.6 Å². The van der Waals surface area contributed by atoms with Gasteiger partial charge in [0, 0.05) is 42.3 Å². The molecule has 7 heteroatoms. The minimum Gasteiger partial charge on any atom is -0.350 e. The van der Waals surface area contributed by atoms with Gasteiger partial charge in [-0.15, -0.1) is 0 Å². The van der Waals surface area contributed by atoms with E-state index >= 15 is 0 Å². The fourth-order valence-corrected chi connectivity index (χ4v) is 4.53. The molecule has 2 amide bonds. The number of nitrogens with one attached hydrogen (secondary N) is 1. The molecule has 1 aliphatic heterocycles. The molecule has 0 radical (unpaired) electrons. The Hall–Kier alpha value is -4.00. The summed E-state index contributed by atoms with van der Waals surface area (Å²) in [4.78, 5) is 27.7. The summed E-state index contributed by atoms with van der Waals surface area (Å²) in [7, 11) is 0. The summed E-state index contributed by atoms with van der Waals surface area (Å²) in [6.45, 7) is 1.16. The molecule has 2 heterocycles. The number of carbonyl (C=O) groups excluding carboxylic acids is 2. The first-order valence-electron chi connectivity index (χ1n) is 11.1. The van der Waals surface area contributed by atoms with Gasteiger partial charge in [-0.2, -0.15) is 0 Å². The van der Waals surface area contributed by atoms with Gasteiger partial charge in [-0.1, -0.05) is 30.3 Å². The third-order valence-corrected chi connectivity index (χ3v) is 6.11. The highest BCUT2D eigenvalue weighted by atomic mass is 19.1. The molecule has 1 N–H and O–H groups in total. The van der Waals surface area contributed by atoms with Crippen molar-refractivity contribution in [2.75, 3.05) is 6.54 Å². The lowest BCUT2D eigenvalue weighted by Crippen LogP contribution is -2.31. The topological polar surface area (TPSA) is 54.3 Å². The molecule has 5 rings (SSSR count). The van der Waals surface area contributed by atoms with Gasteiger partial charge >= 0.3 is 0 Å². The molecule has 1 aromatic heterocycles. The zero-order valence-corrected chi connectivity index (χ0v) is 18.4. The smallest absolute Gasteiger partial charge is 0.254 e. The third-order valence-electron chi connectivity index (χ3n) is 6.11. The lowest BCUT2D eigenvalue weighted by molar-refractivity contribution is -0.121. The van der Waals surface area contributed by atoms with E-state index in [2.05, 4.69) is 5.32 Å². The Kier molecular flexibility index (Phi) is 5.84. The third kappa shape index (κ3) is 4.41. The van der Waals surface area contributed by atoms with Crippen LogP contribution in [0.2, 0.25) is 0 Å². The Morgan fingerprint density at radius 1 is 0.941 bits per heavy atom. The van der Waals surface area contributed by atoms with Crippen LogP contribution >= 0.6 is 0 Å². The van der Waals surface area contributed by atoms with E-state index in [9.17, 15) is 18.4 Å². The number of carbonyl (C=O) groups is 2. The largest absolute Gasteiger partial charge is 0.350 e. The van der Waals surface area contributed by atoms with E-state index in [1.807, 2.05) is 29.0 Å². The lowest BCUT2D eigenvalue weighted by atomic mass is 10.1. The van der Waals surface area contributed by atoms with Crippen LogP contribution in [0.4, 0.5) is 8.78 Å². The molecule has 4 aromatic rings. The first kappa shape index (κ1) is 21.8. The van der Waals surface area contributed by atoms with Crippen molar-refractivity contribution in [3.8, 4) is 0 Å². The van der Waals surface area contributed by atoms with Gasteiger partial charge in [0.1, 0.15) is 18.2 Å². The summed E-state index contributed by atoms with van der Waals surface area (Å²) in [6, 6.07) is 17.9. The highest BCUT2D eigenvalue weighted by molar-refractivity contribution is 6.08. The predicted octanol–water partition coefficient (Wildman–Crippen LogP) is 4.43. The molecule has 0 fully saturated rings. The molecule has 5 nitrogen and oxygen atoms in total. The Bertz CT molecular complexity index is 1400. The highest BCUT2D eigenvalue weighted by Gasteiger charge is 2.26. The SMILES string of the molecule is O=C(Cn1cc2c3c(cccc31)C(=O)N(Cc1cccc(F)c1)CC2)NCc1cccc(F)c1. The molecule has 0 saturated carbocycles. The number of amides is 2. The van der Waals surface area contributed by atoms with E-state index in [1.165, 1.54) is 24.3 Å². The number of hydrogen-bond acceptors (Lipinski definition) is 2. The fraction of sp³-hybridized carbons (Fsp3) is 0.185. The second-order valence-corrected chi connectivity index (χ2v) is 8.50. The molecule has 3 aromatic carbocycles. The van der Waals surface area contributed by atoms with E-state index in [-0.39, 0.29) is 36.5 Å². The van der Waals surface area contributed by atoms with Crippen molar-refractivity contribution in [1.82, 2.24) is 14.8 Å². The van der Waals surface area contributed by atoms with Crippen LogP contribution in [-0.2, 0) is 30.8 Å². The van der Waals surface area contributed by atoms with Gasteiger partial charge in [0.15, 0.2) is 0 Å². The Labute approximate surface area is 195 Å². The second-order valence-electron chi connectivity index (χ2n) is 8.50. The molecule has 1 aliphatic rings. The van der Waals surface area contributed by atoms with Crippen molar-refractivity contribution < 1.29 is 18.4 Å². The summed E-state index contributed by atoms with van der Waals surface area (Å²) in [5.74, 6) is -0.975. The summed E-state index contributed by atoms with van der Waals surface area (Å²) in [6.07, 6.45) is 2.56. The highest BCUT2D eigenvalue weighted by Crippen LogP contribution is 2.30. The van der Waals surface area contributed by atoms with Crippen LogP contribution in [0.15, 0.2) is 72.9 Å². The van der Waals surface area contributed by atoms with Crippen LogP contribution in [-0.4, -0.2) is 27.8 Å². The summed E-state index contributed by atoms with van der Waals surface area (Å²) in [5.41, 5.74) is 3.83. The maximum atomic E-state index is 13.6. The second kappa shape index (κ2) is 9.09.